The average molecular weight is 368 g/mol. The van der Waals surface area contributed by atoms with Crippen molar-refractivity contribution in [3.05, 3.63) is 69.8 Å². The molecule has 2 aromatic carbocycles. The molecule has 0 fully saturated rings. The van der Waals surface area contributed by atoms with Crippen LogP contribution in [-0.4, -0.2) is 19.7 Å². The van der Waals surface area contributed by atoms with Crippen molar-refractivity contribution in [1.82, 2.24) is 14.8 Å². The van der Waals surface area contributed by atoms with E-state index in [9.17, 15) is 10.1 Å². The second-order valence-corrected chi connectivity index (χ2v) is 6.99. The molecule has 1 aromatic heterocycles. The lowest BCUT2D eigenvalue weighted by Crippen LogP contribution is -2.02. The minimum atomic E-state index is -0.371. The highest BCUT2D eigenvalue weighted by atomic mass is 32.2. The number of non-ortho nitro benzene ring substituents is 1. The second kappa shape index (κ2) is 8.14. The Morgan fingerprint density at radius 1 is 1.15 bits per heavy atom. The first kappa shape index (κ1) is 18.1. The predicted octanol–water partition coefficient (Wildman–Crippen LogP) is 4.86. The Kier molecular flexibility index (Phi) is 5.68. The molecule has 0 aliphatic heterocycles. The van der Waals surface area contributed by atoms with Crippen LogP contribution in [0, 0.1) is 17.0 Å². The highest BCUT2D eigenvalue weighted by Crippen LogP contribution is 2.28. The second-order valence-electron chi connectivity index (χ2n) is 6.04. The summed E-state index contributed by atoms with van der Waals surface area (Å²) in [7, 11) is 0. The molecule has 3 rings (SSSR count). The van der Waals surface area contributed by atoms with Crippen LogP contribution in [0.15, 0.2) is 53.7 Å². The Bertz CT molecular complexity index is 923. The van der Waals surface area contributed by atoms with E-state index in [4.69, 9.17) is 0 Å². The van der Waals surface area contributed by atoms with Crippen LogP contribution >= 0.6 is 11.8 Å². The lowest BCUT2D eigenvalue weighted by molar-refractivity contribution is -0.384. The lowest BCUT2D eigenvalue weighted by Gasteiger charge is -2.09. The highest BCUT2D eigenvalue weighted by Gasteiger charge is 2.14. The van der Waals surface area contributed by atoms with Crippen molar-refractivity contribution >= 4 is 17.4 Å². The SMILES string of the molecule is CCCn1c(SCc2cccc([N+](=O)[O-])c2)nnc1-c1cccc(C)c1. The van der Waals surface area contributed by atoms with E-state index in [0.717, 1.165) is 35.1 Å². The molecule has 0 radical (unpaired) electrons. The maximum absolute atomic E-state index is 10.9. The molecule has 0 aliphatic rings. The topological polar surface area (TPSA) is 73.8 Å². The van der Waals surface area contributed by atoms with Crippen LogP contribution in [0.2, 0.25) is 0 Å². The largest absolute Gasteiger partial charge is 0.302 e. The number of hydrogen-bond acceptors (Lipinski definition) is 5. The molecular formula is C19H20N4O2S. The Morgan fingerprint density at radius 3 is 2.69 bits per heavy atom. The van der Waals surface area contributed by atoms with Crippen LogP contribution < -0.4 is 0 Å². The maximum Gasteiger partial charge on any atom is 0.269 e. The Hall–Kier alpha value is -2.67. The van der Waals surface area contributed by atoms with E-state index in [2.05, 4.69) is 40.7 Å². The first-order chi connectivity index (χ1) is 12.6. The lowest BCUT2D eigenvalue weighted by atomic mass is 10.1. The van der Waals surface area contributed by atoms with Crippen LogP contribution in [0.1, 0.15) is 24.5 Å². The predicted molar refractivity (Wildman–Crippen MR) is 103 cm³/mol. The third-order valence-electron chi connectivity index (χ3n) is 3.93. The van der Waals surface area contributed by atoms with Gasteiger partial charge in [0.2, 0.25) is 0 Å². The molecule has 0 saturated carbocycles. The smallest absolute Gasteiger partial charge is 0.269 e. The van der Waals surface area contributed by atoms with Gasteiger partial charge in [0, 0.05) is 30.0 Å². The molecule has 0 amide bonds. The normalized spacial score (nSPS) is 10.8. The molecule has 0 unspecified atom stereocenters. The Balaban J connectivity index is 1.84. The summed E-state index contributed by atoms with van der Waals surface area (Å²) in [5.41, 5.74) is 3.23. The fourth-order valence-electron chi connectivity index (χ4n) is 2.73. The molecule has 6 nitrogen and oxygen atoms in total. The molecule has 0 saturated heterocycles. The van der Waals surface area contributed by atoms with E-state index in [1.54, 1.807) is 23.9 Å². The molecule has 0 bridgehead atoms. The van der Waals surface area contributed by atoms with Gasteiger partial charge in [-0.05, 0) is 25.0 Å². The first-order valence-corrected chi connectivity index (χ1v) is 9.43. The van der Waals surface area contributed by atoms with Crippen molar-refractivity contribution in [2.75, 3.05) is 0 Å². The van der Waals surface area contributed by atoms with Gasteiger partial charge in [0.05, 0.1) is 4.92 Å². The van der Waals surface area contributed by atoms with Gasteiger partial charge < -0.3 is 4.57 Å². The van der Waals surface area contributed by atoms with Crippen molar-refractivity contribution in [1.29, 1.82) is 0 Å². The maximum atomic E-state index is 10.9. The summed E-state index contributed by atoms with van der Waals surface area (Å²) >= 11 is 1.55. The summed E-state index contributed by atoms with van der Waals surface area (Å²) in [4.78, 5) is 10.6. The number of rotatable bonds is 7. The molecule has 0 spiro atoms. The van der Waals surface area contributed by atoms with Gasteiger partial charge >= 0.3 is 0 Å². The number of benzene rings is 2. The molecule has 7 heteroatoms. The number of aryl methyl sites for hydroxylation is 1. The van der Waals surface area contributed by atoms with E-state index in [1.807, 2.05) is 18.2 Å². The molecule has 3 aromatic rings. The molecule has 134 valence electrons. The molecule has 1 heterocycles. The summed E-state index contributed by atoms with van der Waals surface area (Å²) in [5, 5.41) is 20.5. The van der Waals surface area contributed by atoms with Crippen LogP contribution in [0.3, 0.4) is 0 Å². The zero-order chi connectivity index (χ0) is 18.5. The minimum Gasteiger partial charge on any atom is -0.302 e. The van der Waals surface area contributed by atoms with Crippen LogP contribution in [0.4, 0.5) is 5.69 Å². The van der Waals surface area contributed by atoms with E-state index in [-0.39, 0.29) is 10.6 Å². The van der Waals surface area contributed by atoms with Crippen molar-refractivity contribution in [3.8, 4) is 11.4 Å². The third kappa shape index (κ3) is 4.11. The number of hydrogen-bond donors (Lipinski definition) is 0. The van der Waals surface area contributed by atoms with Gasteiger partial charge in [0.1, 0.15) is 0 Å². The fraction of sp³-hybridized carbons (Fsp3) is 0.263. The van der Waals surface area contributed by atoms with Gasteiger partial charge in [0.25, 0.3) is 5.69 Å². The third-order valence-corrected chi connectivity index (χ3v) is 4.97. The molecule has 26 heavy (non-hydrogen) atoms. The van der Waals surface area contributed by atoms with Crippen molar-refractivity contribution in [2.45, 2.75) is 37.7 Å². The minimum absolute atomic E-state index is 0.110. The summed E-state index contributed by atoms with van der Waals surface area (Å²) in [5.74, 6) is 1.47. The standard InChI is InChI=1S/C19H20N4O2S/c1-3-10-22-18(16-8-4-6-14(2)11-16)20-21-19(22)26-13-15-7-5-9-17(12-15)23(24)25/h4-9,11-12H,3,10,13H2,1-2H3. The van der Waals surface area contributed by atoms with Crippen LogP contribution in [0.25, 0.3) is 11.4 Å². The summed E-state index contributed by atoms with van der Waals surface area (Å²) in [6, 6.07) is 14.9. The monoisotopic (exact) mass is 368 g/mol. The van der Waals surface area contributed by atoms with Crippen LogP contribution in [-0.2, 0) is 12.3 Å². The zero-order valence-corrected chi connectivity index (χ0v) is 15.6. The summed E-state index contributed by atoms with van der Waals surface area (Å²) in [6.07, 6.45) is 0.973. The fourth-order valence-corrected chi connectivity index (χ4v) is 3.63. The number of nitro groups is 1. The summed E-state index contributed by atoms with van der Waals surface area (Å²) in [6.45, 7) is 5.00. The summed E-state index contributed by atoms with van der Waals surface area (Å²) < 4.78 is 2.12. The van der Waals surface area contributed by atoms with Gasteiger partial charge in [-0.15, -0.1) is 10.2 Å². The van der Waals surface area contributed by atoms with Gasteiger partial charge in [-0.3, -0.25) is 10.1 Å². The number of thioether (sulfide) groups is 1. The van der Waals surface area contributed by atoms with E-state index in [1.165, 1.54) is 11.6 Å². The van der Waals surface area contributed by atoms with Gasteiger partial charge in [-0.1, -0.05) is 54.6 Å². The Labute approximate surface area is 156 Å². The molecule has 0 N–H and O–H groups in total. The van der Waals surface area contributed by atoms with Gasteiger partial charge in [0.15, 0.2) is 11.0 Å². The number of nitro benzene ring substituents is 1. The van der Waals surface area contributed by atoms with Crippen molar-refractivity contribution in [2.24, 2.45) is 0 Å². The van der Waals surface area contributed by atoms with E-state index < -0.39 is 0 Å². The van der Waals surface area contributed by atoms with E-state index >= 15 is 0 Å². The molecular weight excluding hydrogens is 348 g/mol. The average Bonchev–Trinajstić information content (AvgIpc) is 3.03. The van der Waals surface area contributed by atoms with Crippen molar-refractivity contribution < 1.29 is 4.92 Å². The number of aromatic nitrogens is 3. The molecule has 0 aliphatic carbocycles. The van der Waals surface area contributed by atoms with Gasteiger partial charge in [-0.25, -0.2) is 0 Å². The zero-order valence-electron chi connectivity index (χ0n) is 14.8. The van der Waals surface area contributed by atoms with Crippen molar-refractivity contribution in [3.63, 3.8) is 0 Å². The molecule has 0 atom stereocenters. The number of nitrogens with zero attached hydrogens (tertiary/aromatic N) is 4. The van der Waals surface area contributed by atoms with Gasteiger partial charge in [-0.2, -0.15) is 0 Å². The quantitative estimate of drug-likeness (QED) is 0.338. The highest BCUT2D eigenvalue weighted by molar-refractivity contribution is 7.98. The van der Waals surface area contributed by atoms with Crippen LogP contribution in [0.5, 0.6) is 0 Å². The Morgan fingerprint density at radius 2 is 1.96 bits per heavy atom. The van der Waals surface area contributed by atoms with E-state index in [0.29, 0.717) is 5.75 Å². The first-order valence-electron chi connectivity index (χ1n) is 8.45.